The molecule has 1 aromatic rings. The maximum Gasteiger partial charge on any atom is 0.129 e. The van der Waals surface area contributed by atoms with Crippen LogP contribution in [0.2, 0.25) is 0 Å². The molecule has 3 heteroatoms. The zero-order valence-corrected chi connectivity index (χ0v) is 8.69. The van der Waals surface area contributed by atoms with Crippen LogP contribution < -0.4 is 0 Å². The summed E-state index contributed by atoms with van der Waals surface area (Å²) in [5, 5.41) is 10.3. The maximum absolute atomic E-state index is 13.5. The van der Waals surface area contributed by atoms with E-state index in [1.54, 1.807) is 30.0 Å². The summed E-state index contributed by atoms with van der Waals surface area (Å²) in [6, 6.07) is 6.52. The van der Waals surface area contributed by atoms with Crippen molar-refractivity contribution in [1.82, 2.24) is 0 Å². The average Bonchev–Trinajstić information content (AvgIpc) is 2.19. The Morgan fingerprint density at radius 2 is 2.14 bits per heavy atom. The van der Waals surface area contributed by atoms with E-state index in [9.17, 15) is 9.50 Å². The van der Waals surface area contributed by atoms with Gasteiger partial charge in [-0.15, -0.1) is 0 Å². The predicted octanol–water partition coefficient (Wildman–Crippen LogP) is 2.54. The number of thioether (sulfide) groups is 1. The van der Waals surface area contributed by atoms with Crippen molar-refractivity contribution in [3.05, 3.63) is 35.6 Å². The number of hydrogen-bond donors (Lipinski definition) is 1. The fraction of sp³-hybridized carbons (Fsp3) is 0.455. The molecule has 14 heavy (non-hydrogen) atoms. The number of aliphatic hydroxyl groups is 1. The molecule has 0 radical (unpaired) electrons. The van der Waals surface area contributed by atoms with E-state index in [0.29, 0.717) is 17.7 Å². The van der Waals surface area contributed by atoms with Crippen LogP contribution in [0.25, 0.3) is 0 Å². The van der Waals surface area contributed by atoms with Crippen molar-refractivity contribution in [3.63, 3.8) is 0 Å². The second-order valence-electron chi connectivity index (χ2n) is 3.67. The summed E-state index contributed by atoms with van der Waals surface area (Å²) in [4.78, 5) is 0. The van der Waals surface area contributed by atoms with Gasteiger partial charge < -0.3 is 5.11 Å². The van der Waals surface area contributed by atoms with Gasteiger partial charge in [-0.05, 0) is 24.7 Å². The lowest BCUT2D eigenvalue weighted by Gasteiger charge is -2.32. The average molecular weight is 212 g/mol. The van der Waals surface area contributed by atoms with Gasteiger partial charge in [-0.2, -0.15) is 11.8 Å². The molecule has 0 saturated carbocycles. The summed E-state index contributed by atoms with van der Waals surface area (Å²) in [5.74, 6) is 1.38. The first-order chi connectivity index (χ1) is 6.72. The second kappa shape index (κ2) is 3.91. The number of rotatable bonds is 1. The Morgan fingerprint density at radius 1 is 1.36 bits per heavy atom. The third-order valence-corrected chi connectivity index (χ3v) is 3.85. The van der Waals surface area contributed by atoms with Crippen LogP contribution in [0.1, 0.15) is 18.4 Å². The number of hydrogen-bond acceptors (Lipinski definition) is 2. The Balaban J connectivity index is 2.32. The highest BCUT2D eigenvalue weighted by molar-refractivity contribution is 7.99. The molecule has 1 nitrogen and oxygen atoms in total. The first kappa shape index (κ1) is 9.99. The normalized spacial score (nSPS) is 27.6. The molecule has 2 rings (SSSR count). The van der Waals surface area contributed by atoms with Gasteiger partial charge in [-0.1, -0.05) is 18.2 Å². The smallest absolute Gasteiger partial charge is 0.129 e. The summed E-state index contributed by atoms with van der Waals surface area (Å²) in [6.45, 7) is 0. The molecule has 1 atom stereocenters. The lowest BCUT2D eigenvalue weighted by atomic mass is 9.90. The van der Waals surface area contributed by atoms with E-state index in [1.807, 2.05) is 0 Å². The molecule has 1 aliphatic rings. The molecular weight excluding hydrogens is 199 g/mol. The maximum atomic E-state index is 13.5. The molecule has 0 bridgehead atoms. The summed E-state index contributed by atoms with van der Waals surface area (Å²) < 4.78 is 13.5. The van der Waals surface area contributed by atoms with Gasteiger partial charge in [-0.25, -0.2) is 4.39 Å². The molecule has 0 aromatic heterocycles. The van der Waals surface area contributed by atoms with Gasteiger partial charge in [0.2, 0.25) is 0 Å². The fourth-order valence-electron chi connectivity index (χ4n) is 1.83. The molecule has 0 amide bonds. The van der Waals surface area contributed by atoms with E-state index in [1.165, 1.54) is 6.07 Å². The highest BCUT2D eigenvalue weighted by atomic mass is 32.2. The lowest BCUT2D eigenvalue weighted by molar-refractivity contribution is 0.0458. The molecule has 1 heterocycles. The monoisotopic (exact) mass is 212 g/mol. The van der Waals surface area contributed by atoms with Crippen LogP contribution in [0.3, 0.4) is 0 Å². The van der Waals surface area contributed by atoms with Crippen molar-refractivity contribution >= 4 is 11.8 Å². The minimum atomic E-state index is -0.950. The second-order valence-corrected chi connectivity index (χ2v) is 4.77. The zero-order valence-electron chi connectivity index (χ0n) is 7.87. The molecule has 1 saturated heterocycles. The molecule has 1 aromatic carbocycles. The molecule has 1 fully saturated rings. The molecule has 1 N–H and O–H groups in total. The van der Waals surface area contributed by atoms with Gasteiger partial charge in [0, 0.05) is 11.3 Å². The standard InChI is InChI=1S/C11H13FOS/c12-10-5-2-1-4-9(10)11(13)6-3-7-14-8-11/h1-2,4-5,13H,3,6-8H2/t11-/m0/s1. The molecule has 0 aliphatic carbocycles. The van der Waals surface area contributed by atoms with Crippen LogP contribution in [0.4, 0.5) is 4.39 Å². The first-order valence-electron chi connectivity index (χ1n) is 4.77. The van der Waals surface area contributed by atoms with Crippen molar-refractivity contribution in [2.24, 2.45) is 0 Å². The third kappa shape index (κ3) is 1.79. The Labute approximate surface area is 87.3 Å². The largest absolute Gasteiger partial charge is 0.384 e. The Morgan fingerprint density at radius 3 is 2.79 bits per heavy atom. The predicted molar refractivity (Wildman–Crippen MR) is 56.9 cm³/mol. The van der Waals surface area contributed by atoms with E-state index < -0.39 is 5.60 Å². The van der Waals surface area contributed by atoms with Gasteiger partial charge in [0.1, 0.15) is 11.4 Å². The summed E-state index contributed by atoms with van der Waals surface area (Å²) in [7, 11) is 0. The van der Waals surface area contributed by atoms with Gasteiger partial charge in [0.25, 0.3) is 0 Å². The van der Waals surface area contributed by atoms with Gasteiger partial charge in [-0.3, -0.25) is 0 Å². The van der Waals surface area contributed by atoms with Crippen LogP contribution in [0, 0.1) is 5.82 Å². The van der Waals surface area contributed by atoms with Crippen molar-refractivity contribution in [3.8, 4) is 0 Å². The highest BCUT2D eigenvalue weighted by Gasteiger charge is 2.33. The van der Waals surface area contributed by atoms with Crippen LogP contribution in [-0.4, -0.2) is 16.6 Å². The van der Waals surface area contributed by atoms with Gasteiger partial charge >= 0.3 is 0 Å². The minimum Gasteiger partial charge on any atom is -0.384 e. The van der Waals surface area contributed by atoms with E-state index in [4.69, 9.17) is 0 Å². The Kier molecular flexibility index (Phi) is 2.79. The van der Waals surface area contributed by atoms with E-state index in [-0.39, 0.29) is 5.82 Å². The number of benzene rings is 1. The van der Waals surface area contributed by atoms with Crippen LogP contribution in [0.15, 0.2) is 24.3 Å². The zero-order chi connectivity index (χ0) is 10.0. The summed E-state index contributed by atoms with van der Waals surface area (Å²) >= 11 is 1.69. The number of halogens is 1. The van der Waals surface area contributed by atoms with Crippen molar-refractivity contribution in [1.29, 1.82) is 0 Å². The first-order valence-corrected chi connectivity index (χ1v) is 5.93. The van der Waals surface area contributed by atoms with E-state index in [0.717, 1.165) is 12.2 Å². The lowest BCUT2D eigenvalue weighted by Crippen LogP contribution is -2.32. The molecular formula is C11H13FOS. The Bertz CT molecular complexity index is 321. The quantitative estimate of drug-likeness (QED) is 0.772. The topological polar surface area (TPSA) is 20.2 Å². The van der Waals surface area contributed by atoms with Crippen LogP contribution in [0.5, 0.6) is 0 Å². The third-order valence-electron chi connectivity index (χ3n) is 2.60. The van der Waals surface area contributed by atoms with Crippen LogP contribution in [-0.2, 0) is 5.60 Å². The van der Waals surface area contributed by atoms with Crippen molar-refractivity contribution in [2.45, 2.75) is 18.4 Å². The fourth-order valence-corrected chi connectivity index (χ4v) is 2.96. The van der Waals surface area contributed by atoms with Gasteiger partial charge in [0.05, 0.1) is 0 Å². The molecule has 0 spiro atoms. The van der Waals surface area contributed by atoms with E-state index >= 15 is 0 Å². The van der Waals surface area contributed by atoms with Crippen LogP contribution >= 0.6 is 11.8 Å². The molecule has 1 aliphatic heterocycles. The molecule has 76 valence electrons. The molecule has 0 unspecified atom stereocenters. The van der Waals surface area contributed by atoms with Crippen molar-refractivity contribution in [2.75, 3.05) is 11.5 Å². The SMILES string of the molecule is O[C@@]1(c2ccccc2F)CCCSC1. The minimum absolute atomic E-state index is 0.294. The highest BCUT2D eigenvalue weighted by Crippen LogP contribution is 2.36. The summed E-state index contributed by atoms with van der Waals surface area (Å²) in [6.07, 6.45) is 1.62. The Hall–Kier alpha value is -0.540. The van der Waals surface area contributed by atoms with E-state index in [2.05, 4.69) is 0 Å². The summed E-state index contributed by atoms with van der Waals surface area (Å²) in [5.41, 5.74) is -0.499. The van der Waals surface area contributed by atoms with Gasteiger partial charge in [0.15, 0.2) is 0 Å². The van der Waals surface area contributed by atoms with Crippen molar-refractivity contribution < 1.29 is 9.50 Å².